The lowest BCUT2D eigenvalue weighted by molar-refractivity contribution is -0.138. The van der Waals surface area contributed by atoms with E-state index in [1.165, 1.54) is 18.2 Å². The van der Waals surface area contributed by atoms with Gasteiger partial charge in [-0.15, -0.1) is 0 Å². The van der Waals surface area contributed by atoms with Crippen LogP contribution in [-0.2, 0) is 4.79 Å². The average Bonchev–Trinajstić information content (AvgIpc) is 2.34. The van der Waals surface area contributed by atoms with Gasteiger partial charge in [0.1, 0.15) is 23.6 Å². The molecule has 6 nitrogen and oxygen atoms in total. The van der Waals surface area contributed by atoms with Gasteiger partial charge in [-0.1, -0.05) is 13.0 Å². The van der Waals surface area contributed by atoms with Crippen molar-refractivity contribution in [2.75, 3.05) is 6.54 Å². The third-order valence-electron chi connectivity index (χ3n) is 2.92. The van der Waals surface area contributed by atoms with Crippen molar-refractivity contribution in [2.24, 2.45) is 0 Å². The van der Waals surface area contributed by atoms with Crippen LogP contribution in [0.25, 0.3) is 0 Å². The molecule has 1 aromatic carbocycles. The normalized spacial score (nSPS) is 11.9. The summed E-state index contributed by atoms with van der Waals surface area (Å²) in [5.74, 6) is -2.59. The van der Waals surface area contributed by atoms with Gasteiger partial charge < -0.3 is 20.2 Å². The molecule has 0 radical (unpaired) electrons. The fourth-order valence-electron chi connectivity index (χ4n) is 1.68. The van der Waals surface area contributed by atoms with Gasteiger partial charge in [-0.3, -0.25) is 9.59 Å². The number of carbonyl (C=O) groups is 2. The summed E-state index contributed by atoms with van der Waals surface area (Å²) >= 11 is 0. The average molecular weight is 267 g/mol. The van der Waals surface area contributed by atoms with Crippen LogP contribution in [0.1, 0.15) is 30.6 Å². The van der Waals surface area contributed by atoms with Crippen LogP contribution in [0.3, 0.4) is 0 Å². The molecular formula is C13H17NO5. The molecule has 0 aliphatic carbocycles. The van der Waals surface area contributed by atoms with E-state index in [0.717, 1.165) is 4.90 Å². The van der Waals surface area contributed by atoms with E-state index in [9.17, 15) is 19.8 Å². The number of benzene rings is 1. The van der Waals surface area contributed by atoms with Crippen molar-refractivity contribution >= 4 is 11.9 Å². The van der Waals surface area contributed by atoms with Crippen LogP contribution in [0, 0.1) is 0 Å². The summed E-state index contributed by atoms with van der Waals surface area (Å²) in [7, 11) is 0. The van der Waals surface area contributed by atoms with Crippen molar-refractivity contribution in [1.29, 1.82) is 0 Å². The largest absolute Gasteiger partial charge is 0.507 e. The van der Waals surface area contributed by atoms with Crippen LogP contribution in [0.15, 0.2) is 18.2 Å². The van der Waals surface area contributed by atoms with E-state index in [1.54, 1.807) is 6.92 Å². The van der Waals surface area contributed by atoms with Gasteiger partial charge in [0.25, 0.3) is 5.91 Å². The minimum atomic E-state index is -1.15. The Morgan fingerprint density at radius 2 is 1.79 bits per heavy atom. The Morgan fingerprint density at radius 1 is 1.26 bits per heavy atom. The predicted octanol–water partition coefficient (Wildman–Crippen LogP) is 1.42. The molecule has 3 N–H and O–H groups in total. The molecule has 0 spiro atoms. The number of aliphatic carboxylic acids is 1. The molecule has 0 saturated heterocycles. The van der Waals surface area contributed by atoms with E-state index in [2.05, 4.69) is 0 Å². The zero-order chi connectivity index (χ0) is 14.6. The molecule has 1 atom stereocenters. The molecule has 1 rings (SSSR count). The fourth-order valence-corrected chi connectivity index (χ4v) is 1.68. The molecule has 0 bridgehead atoms. The van der Waals surface area contributed by atoms with Crippen LogP contribution >= 0.6 is 0 Å². The van der Waals surface area contributed by atoms with Crippen molar-refractivity contribution in [1.82, 2.24) is 4.90 Å². The second kappa shape index (κ2) is 6.08. The summed E-state index contributed by atoms with van der Waals surface area (Å²) in [5.41, 5.74) is -0.274. The van der Waals surface area contributed by atoms with Gasteiger partial charge in [0.15, 0.2) is 0 Å². The molecule has 0 aromatic heterocycles. The van der Waals surface area contributed by atoms with Crippen molar-refractivity contribution in [2.45, 2.75) is 26.3 Å². The Kier molecular flexibility index (Phi) is 4.74. The smallest absolute Gasteiger partial charge is 0.323 e. The summed E-state index contributed by atoms with van der Waals surface area (Å²) in [4.78, 5) is 24.2. The highest BCUT2D eigenvalue weighted by molar-refractivity contribution is 6.00. The number of phenolic OH excluding ortho intramolecular Hbond substituents is 2. The molecule has 0 fully saturated rings. The zero-order valence-corrected chi connectivity index (χ0v) is 10.8. The highest BCUT2D eigenvalue weighted by Gasteiger charge is 2.27. The maximum absolute atomic E-state index is 12.3. The quantitative estimate of drug-likeness (QED) is 0.749. The number of phenols is 2. The number of carbonyl (C=O) groups excluding carboxylic acids is 1. The number of carboxylic acid groups (broad SMARTS) is 1. The number of rotatable bonds is 5. The Morgan fingerprint density at radius 3 is 2.21 bits per heavy atom. The Bertz CT molecular complexity index is 466. The Labute approximate surface area is 110 Å². The molecule has 1 aromatic rings. The third kappa shape index (κ3) is 3.37. The van der Waals surface area contributed by atoms with Gasteiger partial charge in [0.05, 0.1) is 0 Å². The first kappa shape index (κ1) is 14.8. The number of aromatic hydroxyl groups is 2. The lowest BCUT2D eigenvalue weighted by Crippen LogP contribution is -2.41. The summed E-state index contributed by atoms with van der Waals surface area (Å²) in [6.45, 7) is 3.04. The van der Waals surface area contributed by atoms with E-state index in [0.29, 0.717) is 6.42 Å². The third-order valence-corrected chi connectivity index (χ3v) is 2.92. The van der Waals surface area contributed by atoms with Gasteiger partial charge in [-0.2, -0.15) is 0 Å². The molecule has 19 heavy (non-hydrogen) atoms. The van der Waals surface area contributed by atoms with Crippen LogP contribution in [0.5, 0.6) is 11.5 Å². The first-order valence-electron chi connectivity index (χ1n) is 5.92. The number of hydrogen-bond acceptors (Lipinski definition) is 4. The van der Waals surface area contributed by atoms with Crippen LogP contribution in [0.4, 0.5) is 0 Å². The lowest BCUT2D eigenvalue weighted by Gasteiger charge is -2.27. The molecule has 1 unspecified atom stereocenters. The first-order chi connectivity index (χ1) is 8.88. The van der Waals surface area contributed by atoms with Gasteiger partial charge >= 0.3 is 5.97 Å². The Balaban J connectivity index is 3.15. The maximum Gasteiger partial charge on any atom is 0.323 e. The summed E-state index contributed by atoms with van der Waals surface area (Å²) in [6, 6.07) is 3.61. The highest BCUT2D eigenvalue weighted by atomic mass is 16.4. The van der Waals surface area contributed by atoms with Gasteiger partial charge in [-0.05, 0) is 25.5 Å². The zero-order valence-electron chi connectivity index (χ0n) is 10.8. The molecule has 0 aliphatic rings. The monoisotopic (exact) mass is 267 g/mol. The molecule has 1 amide bonds. The van der Waals surface area contributed by atoms with E-state index < -0.39 is 18.4 Å². The van der Waals surface area contributed by atoms with Crippen molar-refractivity contribution in [3.63, 3.8) is 0 Å². The predicted molar refractivity (Wildman–Crippen MR) is 68.2 cm³/mol. The van der Waals surface area contributed by atoms with Crippen molar-refractivity contribution in [3.8, 4) is 11.5 Å². The summed E-state index contributed by atoms with van der Waals surface area (Å²) in [6.07, 6.45) is 0.563. The molecule has 0 aliphatic heterocycles. The fraction of sp³-hybridized carbons (Fsp3) is 0.385. The molecule has 0 heterocycles. The van der Waals surface area contributed by atoms with E-state index in [4.69, 9.17) is 5.11 Å². The summed E-state index contributed by atoms with van der Waals surface area (Å²) < 4.78 is 0. The maximum atomic E-state index is 12.3. The highest BCUT2D eigenvalue weighted by Crippen LogP contribution is 2.28. The van der Waals surface area contributed by atoms with E-state index >= 15 is 0 Å². The second-order valence-electron chi connectivity index (χ2n) is 4.26. The van der Waals surface area contributed by atoms with E-state index in [1.807, 2.05) is 6.92 Å². The number of amides is 1. The van der Waals surface area contributed by atoms with Crippen molar-refractivity contribution < 1.29 is 24.9 Å². The minimum absolute atomic E-state index is 0.274. The Hall–Kier alpha value is -2.24. The van der Waals surface area contributed by atoms with Crippen LogP contribution < -0.4 is 0 Å². The number of carboxylic acids is 1. The minimum Gasteiger partial charge on any atom is -0.507 e. The van der Waals surface area contributed by atoms with Crippen LogP contribution in [-0.4, -0.2) is 44.7 Å². The molecule has 6 heteroatoms. The summed E-state index contributed by atoms with van der Waals surface area (Å²) in [5, 5.41) is 28.1. The van der Waals surface area contributed by atoms with Gasteiger partial charge in [-0.25, -0.2) is 0 Å². The van der Waals surface area contributed by atoms with Gasteiger partial charge in [0, 0.05) is 6.04 Å². The van der Waals surface area contributed by atoms with E-state index in [-0.39, 0.29) is 23.1 Å². The molecular weight excluding hydrogens is 250 g/mol. The lowest BCUT2D eigenvalue weighted by atomic mass is 10.1. The second-order valence-corrected chi connectivity index (χ2v) is 4.26. The standard InChI is InChI=1S/C13H17NO5/c1-3-8(2)14(7-11(17)18)13(19)12-9(15)5-4-6-10(12)16/h4-6,8,15-16H,3,7H2,1-2H3,(H,17,18). The SMILES string of the molecule is CCC(C)N(CC(=O)O)C(=O)c1c(O)cccc1O. The van der Waals surface area contributed by atoms with Crippen LogP contribution in [0.2, 0.25) is 0 Å². The topological polar surface area (TPSA) is 98.1 Å². The first-order valence-corrected chi connectivity index (χ1v) is 5.92. The number of hydrogen-bond donors (Lipinski definition) is 3. The van der Waals surface area contributed by atoms with Crippen molar-refractivity contribution in [3.05, 3.63) is 23.8 Å². The molecule has 104 valence electrons. The van der Waals surface area contributed by atoms with Gasteiger partial charge in [0.2, 0.25) is 0 Å². The number of nitrogens with zero attached hydrogens (tertiary/aromatic N) is 1. The molecule has 0 saturated carbocycles.